The van der Waals surface area contributed by atoms with Gasteiger partial charge in [-0.05, 0) is 55.7 Å². The number of aryl methyl sites for hydroxylation is 2. The van der Waals surface area contributed by atoms with Gasteiger partial charge in [0.25, 0.3) is 0 Å². The van der Waals surface area contributed by atoms with Crippen molar-refractivity contribution in [2.75, 3.05) is 5.43 Å². The number of nitroso groups, excluding NO2 is 1. The van der Waals surface area contributed by atoms with Gasteiger partial charge >= 0.3 is 136 Å². The summed E-state index contributed by atoms with van der Waals surface area (Å²) in [6.45, 7) is 23.7. The molecule has 0 amide bonds. The Morgan fingerprint density at radius 1 is 0.938 bits per heavy atom. The minimum atomic E-state index is -0.657. The number of hydrazine groups is 1. The summed E-state index contributed by atoms with van der Waals surface area (Å²) in [6, 6.07) is 9.49. The quantitative estimate of drug-likeness (QED) is 0.0333. The van der Waals surface area contributed by atoms with E-state index >= 15 is 0 Å². The zero-order valence-corrected chi connectivity index (χ0v) is 45.6. The standard InChI is InChI=1S/C22H33N3S.C14H13F2N2O.C12H26.C7H14.Sb/c1-7-9-10-18(20-15-24-21(26-20)16(3)8-2)11-12-23-17(4)25-19-13-22(5,6)14-19;1-9-5-4-8-12(13(9)16)17-18(19)14-10(2)6-3-7-11(14)15;1-5-7-8-12(4)10-9-11(3)6-2;1-7-5-3-2-4-6-7;/h10-12,15-16,19H,5-9,13-14H2,1-4H3,(H,23,25);3-8H,1-2H3,(H,17,19);11-12H,5-10H2,1-4H3;7H,2-6H2,1H3;/q;+1;;;/b12-11-,18-10-;;;;. The number of para-hydroxylation sites is 1. The fourth-order valence-electron chi connectivity index (χ4n) is 8.21. The van der Waals surface area contributed by atoms with Crippen molar-refractivity contribution >= 4 is 55.7 Å². The van der Waals surface area contributed by atoms with Crippen LogP contribution in [-0.4, -0.2) is 43.3 Å². The SMILES string of the molecule is CC1CCCCC1.CCC/C=C(/C=C\NC(C)=NC1CC2([CH2][Sb][CH2]2)C1)c1cnc(C(C)CC)s1.CCCCC(C)CCC(C)CC.Cc1cccc(N[N+](=O)c2c(C)cccc2F)c1F. The summed E-state index contributed by atoms with van der Waals surface area (Å²) in [5.74, 6) is 3.33. The zero-order chi connectivity index (χ0) is 47.8. The van der Waals surface area contributed by atoms with E-state index in [1.807, 2.05) is 23.7 Å². The summed E-state index contributed by atoms with van der Waals surface area (Å²) in [7, 11) is 0. The van der Waals surface area contributed by atoms with E-state index in [0.717, 1.165) is 48.3 Å². The number of aromatic nitrogens is 1. The topological polar surface area (TPSA) is 69.4 Å². The van der Waals surface area contributed by atoms with Gasteiger partial charge in [0, 0.05) is 11.5 Å². The third-order valence-corrected chi connectivity index (χ3v) is 19.6. The Labute approximate surface area is 408 Å². The first-order valence-electron chi connectivity index (χ1n) is 25.2. The Morgan fingerprint density at radius 3 is 2.20 bits per heavy atom. The summed E-state index contributed by atoms with van der Waals surface area (Å²) in [6.07, 6.45) is 30.5. The van der Waals surface area contributed by atoms with Crippen molar-refractivity contribution in [2.24, 2.45) is 28.2 Å². The fraction of sp³-hybridized carbons (Fsp3) is 0.636. The van der Waals surface area contributed by atoms with Crippen LogP contribution in [0.4, 0.5) is 20.2 Å². The van der Waals surface area contributed by atoms with Gasteiger partial charge in [0.15, 0.2) is 10.7 Å². The molecule has 3 aromatic rings. The van der Waals surface area contributed by atoms with Crippen LogP contribution in [0.3, 0.4) is 0 Å². The molecule has 10 heteroatoms. The van der Waals surface area contributed by atoms with Gasteiger partial charge < -0.3 is 0 Å². The molecule has 6 nitrogen and oxygen atoms in total. The van der Waals surface area contributed by atoms with E-state index in [2.05, 4.69) is 90.2 Å². The normalized spacial score (nSPS) is 17.6. The number of allylic oxidation sites excluding steroid dienone is 3. The molecule has 361 valence electrons. The minimum Gasteiger partial charge on any atom is -0.249 e. The van der Waals surface area contributed by atoms with E-state index in [1.54, 1.807) is 40.8 Å². The number of anilines is 1. The van der Waals surface area contributed by atoms with Crippen molar-refractivity contribution in [3.63, 3.8) is 0 Å². The molecule has 3 aliphatic rings. The van der Waals surface area contributed by atoms with E-state index in [0.29, 0.717) is 23.1 Å². The Kier molecular flexibility index (Phi) is 26.5. The van der Waals surface area contributed by atoms with Gasteiger partial charge in [-0.15, -0.1) is 5.43 Å². The van der Waals surface area contributed by atoms with Gasteiger partial charge in [-0.1, -0.05) is 157 Å². The first kappa shape index (κ1) is 56.4. The van der Waals surface area contributed by atoms with Crippen LogP contribution in [0.15, 0.2) is 65.9 Å². The molecule has 3 fully saturated rings. The van der Waals surface area contributed by atoms with Crippen molar-refractivity contribution in [2.45, 2.75) is 200 Å². The predicted octanol–water partition coefficient (Wildman–Crippen LogP) is 17.3. The number of nitrogens with one attached hydrogen (secondary N) is 2. The molecule has 1 aliphatic heterocycles. The van der Waals surface area contributed by atoms with Gasteiger partial charge in [0.1, 0.15) is 5.69 Å². The second-order valence-electron chi connectivity index (χ2n) is 19.4. The molecule has 0 bridgehead atoms. The summed E-state index contributed by atoms with van der Waals surface area (Å²) >= 11 is 2.09. The smallest absolute Gasteiger partial charge is 0.249 e. The van der Waals surface area contributed by atoms with Crippen molar-refractivity contribution in [1.29, 1.82) is 0 Å². The fourth-order valence-corrected chi connectivity index (χ4v) is 13.2. The summed E-state index contributed by atoms with van der Waals surface area (Å²) in [5.41, 5.74) is 5.08. The van der Waals surface area contributed by atoms with E-state index in [4.69, 9.17) is 4.99 Å². The number of nitrogens with zero attached hydrogens (tertiary/aromatic N) is 3. The van der Waals surface area contributed by atoms with Crippen LogP contribution in [0.1, 0.15) is 192 Å². The molecule has 2 aromatic carbocycles. The molecule has 3 atom stereocenters. The average molecular weight is 1030 g/mol. The first-order valence-corrected chi connectivity index (χ1v) is 29.6. The monoisotopic (exact) mass is 1020 g/mol. The number of rotatable bonds is 18. The Hall–Kier alpha value is -2.90. The number of thiazole rings is 1. The molecule has 1 spiro atoms. The van der Waals surface area contributed by atoms with Crippen LogP contribution in [0.5, 0.6) is 0 Å². The van der Waals surface area contributed by atoms with E-state index in [1.165, 1.54) is 117 Å². The van der Waals surface area contributed by atoms with Crippen LogP contribution in [0.2, 0.25) is 8.73 Å². The van der Waals surface area contributed by atoms with Gasteiger partial charge in [-0.25, -0.2) is 9.37 Å². The zero-order valence-electron chi connectivity index (χ0n) is 42.2. The number of amidine groups is 1. The van der Waals surface area contributed by atoms with Crippen molar-refractivity contribution in [3.05, 3.63) is 98.5 Å². The third-order valence-electron chi connectivity index (χ3n) is 13.3. The Morgan fingerprint density at radius 2 is 1.62 bits per heavy atom. The number of benzene rings is 2. The van der Waals surface area contributed by atoms with Crippen molar-refractivity contribution in [3.8, 4) is 0 Å². The van der Waals surface area contributed by atoms with Gasteiger partial charge in [0.2, 0.25) is 5.82 Å². The Balaban J connectivity index is 0.000000256. The number of hydrogen-bond acceptors (Lipinski definition) is 4. The van der Waals surface area contributed by atoms with Crippen LogP contribution >= 0.6 is 11.3 Å². The number of aliphatic imine (C=N–C) groups is 1. The number of hydrogen-bond donors (Lipinski definition) is 2. The molecule has 1 aromatic heterocycles. The Bertz CT molecular complexity index is 1910. The molecule has 65 heavy (non-hydrogen) atoms. The molecule has 1 radical (unpaired) electrons. The molecule has 2 saturated carbocycles. The molecule has 1 saturated heterocycles. The molecular formula is C55H86F2N5OSSb+. The maximum atomic E-state index is 13.8. The molecule has 3 unspecified atom stereocenters. The molecule has 2 aliphatic carbocycles. The van der Waals surface area contributed by atoms with Crippen LogP contribution in [0.25, 0.3) is 5.57 Å². The summed E-state index contributed by atoms with van der Waals surface area (Å²) in [4.78, 5) is 22.9. The molecule has 2 heterocycles. The van der Waals surface area contributed by atoms with Crippen molar-refractivity contribution < 1.29 is 13.6 Å². The van der Waals surface area contributed by atoms with E-state index in [9.17, 15) is 13.7 Å². The maximum absolute atomic E-state index is 13.8. The number of unbranched alkanes of at least 4 members (excludes halogenated alkanes) is 2. The van der Waals surface area contributed by atoms with Crippen LogP contribution < -0.4 is 10.7 Å². The van der Waals surface area contributed by atoms with E-state index < -0.39 is 11.6 Å². The average Bonchev–Trinajstić information content (AvgIpc) is 3.76. The second kappa shape index (κ2) is 30.5. The van der Waals surface area contributed by atoms with Crippen LogP contribution in [-0.2, 0) is 0 Å². The molecular weight excluding hydrogens is 938 g/mol. The first-order chi connectivity index (χ1) is 31.1. The summed E-state index contributed by atoms with van der Waals surface area (Å²) < 4.78 is 30.5. The third kappa shape index (κ3) is 20.1. The number of halogens is 2. The second-order valence-corrected chi connectivity index (χ2v) is 23.6. The minimum absolute atomic E-state index is 0.0117. The predicted molar refractivity (Wildman–Crippen MR) is 279 cm³/mol. The van der Waals surface area contributed by atoms with Crippen molar-refractivity contribution in [1.82, 2.24) is 10.3 Å². The van der Waals surface area contributed by atoms with E-state index in [-0.39, 0.29) is 37.9 Å². The summed E-state index contributed by atoms with van der Waals surface area (Å²) in [5, 5.41) is 4.63. The van der Waals surface area contributed by atoms with Gasteiger partial charge in [0.05, 0.1) is 9.91 Å². The van der Waals surface area contributed by atoms with Crippen LogP contribution in [0, 0.1) is 53.6 Å². The molecule has 6 rings (SSSR count). The van der Waals surface area contributed by atoms with Gasteiger partial charge in [-0.3, -0.25) is 0 Å². The van der Waals surface area contributed by atoms with Gasteiger partial charge in [-0.2, -0.15) is 4.39 Å². The molecule has 2 N–H and O–H groups in total.